The average molecular weight is 169 g/mol. The highest BCUT2D eigenvalue weighted by Gasteiger charge is 2.31. The Labute approximate surface area is 72.2 Å². The van der Waals surface area contributed by atoms with Crippen LogP contribution < -0.4 is 0 Å². The van der Waals surface area contributed by atoms with Gasteiger partial charge in [-0.25, -0.2) is 0 Å². The summed E-state index contributed by atoms with van der Waals surface area (Å²) < 4.78 is 0. The lowest BCUT2D eigenvalue weighted by molar-refractivity contribution is 0.0577. The molecule has 0 aromatic carbocycles. The first-order valence-electron chi connectivity index (χ1n) is 4.37. The minimum Gasteiger partial charge on any atom is -0.393 e. The van der Waals surface area contributed by atoms with E-state index >= 15 is 0 Å². The molecule has 68 valence electrons. The molecule has 1 N–H and O–H groups in total. The van der Waals surface area contributed by atoms with Gasteiger partial charge < -0.3 is 5.11 Å². The maximum absolute atomic E-state index is 9.58. The van der Waals surface area contributed by atoms with Gasteiger partial charge in [0.15, 0.2) is 0 Å². The number of nitrogens with zero attached hydrogens (tertiary/aromatic N) is 3. The predicted molar refractivity (Wildman–Crippen MR) is 46.5 cm³/mol. The van der Waals surface area contributed by atoms with Gasteiger partial charge in [0.05, 0.1) is 12.1 Å². The molecular weight excluding hydrogens is 154 g/mol. The molecule has 1 saturated carbocycles. The molecule has 4 heteroatoms. The predicted octanol–water partition coefficient (Wildman–Crippen LogP) is 2.09. The highest BCUT2D eigenvalue weighted by molar-refractivity contribution is 4.87. The third-order valence-electron chi connectivity index (χ3n) is 2.58. The molecule has 0 aromatic rings. The molecule has 0 spiro atoms. The van der Waals surface area contributed by atoms with E-state index in [9.17, 15) is 5.11 Å². The molecule has 0 saturated heterocycles. The number of hydrogen-bond acceptors (Lipinski definition) is 2. The maximum atomic E-state index is 9.58. The summed E-state index contributed by atoms with van der Waals surface area (Å²) in [5.41, 5.74) is 8.27. The fourth-order valence-electron chi connectivity index (χ4n) is 2.05. The lowest BCUT2D eigenvalue weighted by Crippen LogP contribution is -2.37. The number of aliphatic hydroxyl groups excluding tert-OH is 1. The van der Waals surface area contributed by atoms with Gasteiger partial charge in [-0.15, -0.1) is 0 Å². The normalized spacial score (nSPS) is 41.9. The van der Waals surface area contributed by atoms with Crippen LogP contribution in [0.2, 0.25) is 0 Å². The van der Waals surface area contributed by atoms with Crippen molar-refractivity contribution in [1.29, 1.82) is 0 Å². The van der Waals surface area contributed by atoms with Crippen LogP contribution in [0, 0.1) is 11.8 Å². The van der Waals surface area contributed by atoms with Crippen molar-refractivity contribution < 1.29 is 5.11 Å². The molecule has 4 unspecified atom stereocenters. The summed E-state index contributed by atoms with van der Waals surface area (Å²) in [4.78, 5) is 2.75. The molecular formula is C8H15N3O. The monoisotopic (exact) mass is 169 g/mol. The van der Waals surface area contributed by atoms with Crippen molar-refractivity contribution in [3.8, 4) is 0 Å². The molecule has 0 radical (unpaired) electrons. The second-order valence-corrected chi connectivity index (χ2v) is 3.82. The van der Waals surface area contributed by atoms with Gasteiger partial charge in [-0.05, 0) is 30.2 Å². The van der Waals surface area contributed by atoms with Crippen molar-refractivity contribution in [3.05, 3.63) is 10.4 Å². The van der Waals surface area contributed by atoms with E-state index in [0.717, 1.165) is 12.8 Å². The van der Waals surface area contributed by atoms with Gasteiger partial charge in [-0.1, -0.05) is 19.0 Å². The maximum Gasteiger partial charge on any atom is 0.0659 e. The van der Waals surface area contributed by atoms with Crippen molar-refractivity contribution in [2.45, 2.75) is 38.8 Å². The summed E-state index contributed by atoms with van der Waals surface area (Å²) in [5.74, 6) is 0.847. The molecule has 0 aromatic heterocycles. The zero-order valence-electron chi connectivity index (χ0n) is 7.51. The minimum atomic E-state index is -0.445. The second-order valence-electron chi connectivity index (χ2n) is 3.82. The van der Waals surface area contributed by atoms with Crippen molar-refractivity contribution in [1.82, 2.24) is 0 Å². The summed E-state index contributed by atoms with van der Waals surface area (Å²) in [6.45, 7) is 4.14. The van der Waals surface area contributed by atoms with Crippen molar-refractivity contribution in [3.63, 3.8) is 0 Å². The number of rotatable bonds is 1. The molecule has 1 rings (SSSR count). The summed E-state index contributed by atoms with van der Waals surface area (Å²) in [6.07, 6.45) is 1.36. The molecule has 1 aliphatic carbocycles. The van der Waals surface area contributed by atoms with Crippen LogP contribution in [0.1, 0.15) is 26.7 Å². The minimum absolute atomic E-state index is 0.216. The fraction of sp³-hybridized carbons (Fsp3) is 1.00. The summed E-state index contributed by atoms with van der Waals surface area (Å²) in [6, 6.07) is -0.216. The highest BCUT2D eigenvalue weighted by atomic mass is 16.3. The molecule has 0 aliphatic heterocycles. The van der Waals surface area contributed by atoms with Crippen LogP contribution in [0.3, 0.4) is 0 Å². The Bertz CT molecular complexity index is 188. The molecule has 1 aliphatic rings. The molecule has 0 bridgehead atoms. The lowest BCUT2D eigenvalue weighted by Gasteiger charge is -2.33. The van der Waals surface area contributed by atoms with Gasteiger partial charge in [-0.3, -0.25) is 0 Å². The van der Waals surface area contributed by atoms with Crippen molar-refractivity contribution >= 4 is 0 Å². The van der Waals surface area contributed by atoms with Gasteiger partial charge in [0, 0.05) is 4.91 Å². The van der Waals surface area contributed by atoms with Crippen LogP contribution in [-0.2, 0) is 0 Å². The van der Waals surface area contributed by atoms with Crippen molar-refractivity contribution in [2.75, 3.05) is 0 Å². The van der Waals surface area contributed by atoms with E-state index in [1.807, 2.05) is 6.92 Å². The molecule has 1 fully saturated rings. The van der Waals surface area contributed by atoms with Crippen LogP contribution in [0.25, 0.3) is 10.4 Å². The van der Waals surface area contributed by atoms with E-state index in [2.05, 4.69) is 16.9 Å². The number of hydrogen-bond donors (Lipinski definition) is 1. The summed E-state index contributed by atoms with van der Waals surface area (Å²) in [7, 11) is 0. The first kappa shape index (κ1) is 9.36. The second kappa shape index (κ2) is 3.78. The lowest BCUT2D eigenvalue weighted by atomic mass is 9.78. The SMILES string of the molecule is CC1CC(C)C(N=[N+]=[N-])C(O)C1. The Hall–Kier alpha value is -0.730. The average Bonchev–Trinajstić information content (AvgIpc) is 1.96. The molecule has 4 nitrogen and oxygen atoms in total. The molecule has 0 heterocycles. The molecule has 0 amide bonds. The zero-order valence-corrected chi connectivity index (χ0v) is 7.51. The fourth-order valence-corrected chi connectivity index (χ4v) is 2.05. The quantitative estimate of drug-likeness (QED) is 0.364. The smallest absolute Gasteiger partial charge is 0.0659 e. The van der Waals surface area contributed by atoms with Gasteiger partial charge in [-0.2, -0.15) is 0 Å². The highest BCUT2D eigenvalue weighted by Crippen LogP contribution is 2.30. The Balaban J connectivity index is 2.66. The van der Waals surface area contributed by atoms with Gasteiger partial charge >= 0.3 is 0 Å². The van der Waals surface area contributed by atoms with E-state index in [4.69, 9.17) is 5.53 Å². The standard InChI is InChI=1S/C8H15N3O/c1-5-3-6(2)8(10-11-9)7(12)4-5/h5-8,12H,3-4H2,1-2H3. The Morgan fingerprint density at radius 3 is 2.58 bits per heavy atom. The van der Waals surface area contributed by atoms with Gasteiger partial charge in [0.1, 0.15) is 0 Å². The molecule has 4 atom stereocenters. The first-order valence-corrected chi connectivity index (χ1v) is 4.37. The summed E-state index contributed by atoms with van der Waals surface area (Å²) >= 11 is 0. The Morgan fingerprint density at radius 2 is 2.08 bits per heavy atom. The van der Waals surface area contributed by atoms with Crippen LogP contribution in [0.5, 0.6) is 0 Å². The van der Waals surface area contributed by atoms with Crippen LogP contribution >= 0.6 is 0 Å². The van der Waals surface area contributed by atoms with E-state index in [1.165, 1.54) is 0 Å². The van der Waals surface area contributed by atoms with Crippen LogP contribution in [0.4, 0.5) is 0 Å². The first-order chi connectivity index (χ1) is 5.65. The van der Waals surface area contributed by atoms with Crippen LogP contribution in [0.15, 0.2) is 5.11 Å². The third kappa shape index (κ3) is 1.90. The van der Waals surface area contributed by atoms with E-state index in [1.54, 1.807) is 0 Å². The number of aliphatic hydroxyl groups is 1. The van der Waals surface area contributed by atoms with Gasteiger partial charge in [0.2, 0.25) is 0 Å². The Morgan fingerprint density at radius 1 is 1.42 bits per heavy atom. The topological polar surface area (TPSA) is 69.0 Å². The number of azide groups is 1. The third-order valence-corrected chi connectivity index (χ3v) is 2.58. The van der Waals surface area contributed by atoms with Gasteiger partial charge in [0.25, 0.3) is 0 Å². The van der Waals surface area contributed by atoms with E-state index in [0.29, 0.717) is 11.8 Å². The van der Waals surface area contributed by atoms with E-state index in [-0.39, 0.29) is 6.04 Å². The summed E-state index contributed by atoms with van der Waals surface area (Å²) in [5, 5.41) is 13.2. The Kier molecular flexibility index (Phi) is 2.95. The zero-order chi connectivity index (χ0) is 9.14. The van der Waals surface area contributed by atoms with Crippen molar-refractivity contribution in [2.24, 2.45) is 17.0 Å². The largest absolute Gasteiger partial charge is 0.393 e. The van der Waals surface area contributed by atoms with Crippen LogP contribution in [-0.4, -0.2) is 17.3 Å². The van der Waals surface area contributed by atoms with E-state index < -0.39 is 6.10 Å². The molecule has 12 heavy (non-hydrogen) atoms.